The Bertz CT molecular complexity index is 1200. The van der Waals surface area contributed by atoms with Crippen molar-refractivity contribution in [2.75, 3.05) is 29.9 Å². The minimum Gasteiger partial charge on any atom is -0.444 e. The standard InChI is InChI=1S/C22H29N7O3S/c1-13-11-29-18(15(3)23-13)24-20(26-29)25-19(30)16-7-8-17(33-16)27-9-10-28(14(2)12-27)21(31)32-22(4,5)6/h7-8,11,14H,9-10,12H2,1-6H3,(H,25,26,30). The third kappa shape index (κ3) is 5.08. The second-order valence-electron chi connectivity index (χ2n) is 9.23. The third-order valence-corrected chi connectivity index (χ3v) is 6.36. The van der Waals surface area contributed by atoms with Crippen molar-refractivity contribution in [3.05, 3.63) is 34.6 Å². The van der Waals surface area contributed by atoms with Crippen molar-refractivity contribution < 1.29 is 14.3 Å². The van der Waals surface area contributed by atoms with Gasteiger partial charge in [0, 0.05) is 25.7 Å². The molecule has 0 aliphatic carbocycles. The maximum atomic E-state index is 12.8. The molecule has 11 heteroatoms. The zero-order valence-corrected chi connectivity index (χ0v) is 20.6. The normalized spacial score (nSPS) is 16.8. The van der Waals surface area contributed by atoms with Crippen LogP contribution in [0.25, 0.3) is 5.65 Å². The molecule has 0 saturated carbocycles. The van der Waals surface area contributed by atoms with E-state index < -0.39 is 5.60 Å². The number of anilines is 2. The number of aryl methyl sites for hydroxylation is 2. The van der Waals surface area contributed by atoms with E-state index in [4.69, 9.17) is 4.74 Å². The number of hydrogen-bond acceptors (Lipinski definition) is 8. The van der Waals surface area contributed by atoms with E-state index in [0.717, 1.165) is 16.4 Å². The first-order chi connectivity index (χ1) is 15.5. The summed E-state index contributed by atoms with van der Waals surface area (Å²) in [4.78, 5) is 38.5. The lowest BCUT2D eigenvalue weighted by Gasteiger charge is -2.40. The highest BCUT2D eigenvalue weighted by Gasteiger charge is 2.31. The first-order valence-electron chi connectivity index (χ1n) is 10.9. The van der Waals surface area contributed by atoms with Crippen LogP contribution in [0.2, 0.25) is 0 Å². The summed E-state index contributed by atoms with van der Waals surface area (Å²) in [6.07, 6.45) is 1.48. The van der Waals surface area contributed by atoms with Crippen LogP contribution in [-0.2, 0) is 4.74 Å². The maximum absolute atomic E-state index is 12.8. The lowest BCUT2D eigenvalue weighted by molar-refractivity contribution is 0.0159. The van der Waals surface area contributed by atoms with E-state index in [2.05, 4.69) is 25.3 Å². The molecular weight excluding hydrogens is 442 g/mol. The number of thiophene rings is 1. The van der Waals surface area contributed by atoms with Crippen molar-refractivity contribution in [1.82, 2.24) is 24.5 Å². The van der Waals surface area contributed by atoms with Gasteiger partial charge in [-0.15, -0.1) is 16.4 Å². The summed E-state index contributed by atoms with van der Waals surface area (Å²) in [6.45, 7) is 13.2. The van der Waals surface area contributed by atoms with Gasteiger partial charge in [0.2, 0.25) is 5.95 Å². The first kappa shape index (κ1) is 23.0. The Hall–Kier alpha value is -3.21. The van der Waals surface area contributed by atoms with Crippen molar-refractivity contribution in [2.45, 2.75) is 53.2 Å². The van der Waals surface area contributed by atoms with E-state index >= 15 is 0 Å². The Morgan fingerprint density at radius 2 is 1.94 bits per heavy atom. The molecule has 33 heavy (non-hydrogen) atoms. The number of carbonyl (C=O) groups excluding carboxylic acids is 2. The van der Waals surface area contributed by atoms with Crippen molar-refractivity contribution >= 4 is 39.9 Å². The van der Waals surface area contributed by atoms with E-state index in [1.54, 1.807) is 21.7 Å². The molecule has 3 aromatic rings. The molecule has 176 valence electrons. The van der Waals surface area contributed by atoms with Gasteiger partial charge in [0.1, 0.15) is 5.60 Å². The number of amides is 2. The summed E-state index contributed by atoms with van der Waals surface area (Å²) in [5, 5.41) is 8.09. The molecule has 10 nitrogen and oxygen atoms in total. The number of nitrogens with zero attached hydrogens (tertiary/aromatic N) is 6. The number of piperazine rings is 1. The summed E-state index contributed by atoms with van der Waals surface area (Å²) in [5.74, 6) is -0.0185. The monoisotopic (exact) mass is 471 g/mol. The zero-order chi connectivity index (χ0) is 23.9. The average molecular weight is 472 g/mol. The molecule has 1 unspecified atom stereocenters. The van der Waals surface area contributed by atoms with Crippen LogP contribution in [-0.4, -0.2) is 67.8 Å². The molecule has 4 rings (SSSR count). The first-order valence-corrected chi connectivity index (χ1v) is 11.7. The van der Waals surface area contributed by atoms with Gasteiger partial charge in [-0.3, -0.25) is 15.1 Å². The van der Waals surface area contributed by atoms with Crippen LogP contribution >= 0.6 is 11.3 Å². The van der Waals surface area contributed by atoms with Gasteiger partial charge >= 0.3 is 6.09 Å². The molecule has 1 aliphatic rings. The molecule has 3 aromatic heterocycles. The predicted molar refractivity (Wildman–Crippen MR) is 127 cm³/mol. The van der Waals surface area contributed by atoms with Gasteiger partial charge in [-0.05, 0) is 53.7 Å². The number of carbonyl (C=O) groups is 2. The van der Waals surface area contributed by atoms with E-state index in [1.165, 1.54) is 11.3 Å². The number of rotatable bonds is 3. The molecule has 1 atom stereocenters. The molecule has 0 bridgehead atoms. The van der Waals surface area contributed by atoms with E-state index in [9.17, 15) is 9.59 Å². The highest BCUT2D eigenvalue weighted by molar-refractivity contribution is 7.18. The molecule has 2 amide bonds. The number of fused-ring (bicyclic) bond motifs is 1. The number of nitrogens with one attached hydrogen (secondary N) is 1. The van der Waals surface area contributed by atoms with Crippen LogP contribution in [0, 0.1) is 13.8 Å². The van der Waals surface area contributed by atoms with E-state index in [0.29, 0.717) is 30.2 Å². The molecular formula is C22H29N7O3S. The van der Waals surface area contributed by atoms with Crippen molar-refractivity contribution in [3.63, 3.8) is 0 Å². The van der Waals surface area contributed by atoms with Gasteiger partial charge in [-0.1, -0.05) is 0 Å². The fourth-order valence-corrected chi connectivity index (χ4v) is 4.70. The minimum atomic E-state index is -0.520. The van der Waals surface area contributed by atoms with Crippen molar-refractivity contribution in [2.24, 2.45) is 0 Å². The number of aromatic nitrogens is 4. The van der Waals surface area contributed by atoms with Crippen molar-refractivity contribution in [3.8, 4) is 0 Å². The summed E-state index contributed by atoms with van der Waals surface area (Å²) in [5.41, 5.74) is 1.67. The van der Waals surface area contributed by atoms with Crippen LogP contribution in [0.15, 0.2) is 18.3 Å². The summed E-state index contributed by atoms with van der Waals surface area (Å²) < 4.78 is 7.14. The second kappa shape index (κ2) is 8.62. The Morgan fingerprint density at radius 1 is 1.18 bits per heavy atom. The number of hydrogen-bond donors (Lipinski definition) is 1. The molecule has 4 heterocycles. The minimum absolute atomic E-state index is 0.00421. The van der Waals surface area contributed by atoms with Gasteiger partial charge in [0.25, 0.3) is 5.91 Å². The molecule has 0 spiro atoms. The summed E-state index contributed by atoms with van der Waals surface area (Å²) in [6, 6.07) is 3.73. The topological polar surface area (TPSA) is 105 Å². The zero-order valence-electron chi connectivity index (χ0n) is 19.7. The van der Waals surface area contributed by atoms with Crippen LogP contribution in [0.4, 0.5) is 15.7 Å². The largest absolute Gasteiger partial charge is 0.444 e. The SMILES string of the molecule is Cc1cn2nc(NC(=O)c3ccc(N4CCN(C(=O)OC(C)(C)C)C(C)C4)s3)nc2c(C)n1. The van der Waals surface area contributed by atoms with E-state index in [-0.39, 0.29) is 24.0 Å². The van der Waals surface area contributed by atoms with Gasteiger partial charge in [-0.25, -0.2) is 9.31 Å². The Morgan fingerprint density at radius 3 is 2.64 bits per heavy atom. The fourth-order valence-electron chi connectivity index (χ4n) is 3.77. The maximum Gasteiger partial charge on any atom is 0.410 e. The molecule has 1 N–H and O–H groups in total. The van der Waals surface area contributed by atoms with Gasteiger partial charge in [0.15, 0.2) is 5.65 Å². The van der Waals surface area contributed by atoms with Crippen LogP contribution < -0.4 is 10.2 Å². The fraction of sp³-hybridized carbons (Fsp3) is 0.500. The number of ether oxygens (including phenoxy) is 1. The molecule has 1 fully saturated rings. The van der Waals surface area contributed by atoms with Crippen LogP contribution in [0.5, 0.6) is 0 Å². The predicted octanol–water partition coefficient (Wildman–Crippen LogP) is 3.50. The highest BCUT2D eigenvalue weighted by atomic mass is 32.1. The van der Waals surface area contributed by atoms with Crippen LogP contribution in [0.3, 0.4) is 0 Å². The Balaban J connectivity index is 1.40. The molecule has 1 saturated heterocycles. The second-order valence-corrected chi connectivity index (χ2v) is 10.3. The highest BCUT2D eigenvalue weighted by Crippen LogP contribution is 2.29. The van der Waals surface area contributed by atoms with Gasteiger partial charge in [0.05, 0.1) is 27.5 Å². The molecule has 1 aliphatic heterocycles. The van der Waals surface area contributed by atoms with Gasteiger partial charge < -0.3 is 14.5 Å². The Labute approximate surface area is 196 Å². The molecule has 0 aromatic carbocycles. The summed E-state index contributed by atoms with van der Waals surface area (Å²) >= 11 is 1.41. The third-order valence-electron chi connectivity index (χ3n) is 5.22. The quantitative estimate of drug-likeness (QED) is 0.623. The van der Waals surface area contributed by atoms with E-state index in [1.807, 2.05) is 47.6 Å². The lowest BCUT2D eigenvalue weighted by Crippen LogP contribution is -2.55. The molecule has 0 radical (unpaired) electrons. The van der Waals surface area contributed by atoms with Crippen LogP contribution in [0.1, 0.15) is 48.8 Å². The lowest BCUT2D eigenvalue weighted by atomic mass is 10.2. The average Bonchev–Trinajstić information content (AvgIpc) is 3.33. The van der Waals surface area contributed by atoms with Gasteiger partial charge in [-0.2, -0.15) is 4.98 Å². The smallest absolute Gasteiger partial charge is 0.410 e. The van der Waals surface area contributed by atoms with Crippen molar-refractivity contribution in [1.29, 1.82) is 0 Å². The Kier molecular flexibility index (Phi) is 6.00. The summed E-state index contributed by atoms with van der Waals surface area (Å²) in [7, 11) is 0.